The first-order chi connectivity index (χ1) is 9.97. The maximum absolute atomic E-state index is 12.9. The summed E-state index contributed by atoms with van der Waals surface area (Å²) in [5.74, 6) is -1.87. The molecule has 7 heteroatoms. The topological polar surface area (TPSA) is 68.5 Å². The third kappa shape index (κ3) is 3.82. The third-order valence-corrected chi connectivity index (χ3v) is 2.88. The first-order valence-electron chi connectivity index (χ1n) is 5.98. The van der Waals surface area contributed by atoms with E-state index in [9.17, 15) is 14.0 Å². The molecule has 21 heavy (non-hydrogen) atoms. The molecule has 5 nitrogen and oxygen atoms in total. The van der Waals surface area contributed by atoms with Gasteiger partial charge < -0.3 is 14.5 Å². The SMILES string of the molecule is CC(OC(=O)c1ccco1)C(=O)Nc1ccc(F)cc1Cl. The zero-order chi connectivity index (χ0) is 15.4. The van der Waals surface area contributed by atoms with Crippen LogP contribution in [0.4, 0.5) is 10.1 Å². The molecule has 0 aliphatic rings. The molecule has 1 heterocycles. The van der Waals surface area contributed by atoms with Crippen molar-refractivity contribution in [1.29, 1.82) is 0 Å². The van der Waals surface area contributed by atoms with Crippen LogP contribution in [0.2, 0.25) is 5.02 Å². The van der Waals surface area contributed by atoms with Gasteiger partial charge in [0, 0.05) is 0 Å². The summed E-state index contributed by atoms with van der Waals surface area (Å²) in [6, 6.07) is 6.48. The molecule has 1 amide bonds. The number of carbonyl (C=O) groups is 2. The molecule has 2 rings (SSSR count). The number of benzene rings is 1. The lowest BCUT2D eigenvalue weighted by Gasteiger charge is -2.13. The van der Waals surface area contributed by atoms with Gasteiger partial charge in [0.2, 0.25) is 5.76 Å². The molecular formula is C14H11ClFNO4. The molecule has 2 aromatic rings. The van der Waals surface area contributed by atoms with Crippen molar-refractivity contribution in [3.63, 3.8) is 0 Å². The van der Waals surface area contributed by atoms with E-state index in [0.29, 0.717) is 0 Å². The molecule has 1 aromatic heterocycles. The Labute approximate surface area is 124 Å². The van der Waals surface area contributed by atoms with Crippen molar-refractivity contribution >= 4 is 29.2 Å². The smallest absolute Gasteiger partial charge is 0.374 e. The van der Waals surface area contributed by atoms with Crippen molar-refractivity contribution in [3.05, 3.63) is 53.2 Å². The van der Waals surface area contributed by atoms with Gasteiger partial charge in [-0.05, 0) is 37.3 Å². The fourth-order valence-electron chi connectivity index (χ4n) is 1.49. The second-order valence-corrected chi connectivity index (χ2v) is 4.55. The number of halogens is 2. The molecular weight excluding hydrogens is 301 g/mol. The number of amides is 1. The summed E-state index contributed by atoms with van der Waals surface area (Å²) >= 11 is 5.79. The predicted octanol–water partition coefficient (Wildman–Crippen LogP) is 3.26. The lowest BCUT2D eigenvalue weighted by Crippen LogP contribution is -2.30. The minimum atomic E-state index is -1.07. The van der Waals surface area contributed by atoms with Crippen LogP contribution in [-0.4, -0.2) is 18.0 Å². The molecule has 1 aromatic carbocycles. The van der Waals surface area contributed by atoms with Gasteiger partial charge in [0.25, 0.3) is 5.91 Å². The highest BCUT2D eigenvalue weighted by atomic mass is 35.5. The second kappa shape index (κ2) is 6.41. The molecule has 1 unspecified atom stereocenters. The van der Waals surface area contributed by atoms with E-state index in [0.717, 1.165) is 12.1 Å². The quantitative estimate of drug-likeness (QED) is 0.880. The van der Waals surface area contributed by atoms with Crippen LogP contribution < -0.4 is 5.32 Å². The summed E-state index contributed by atoms with van der Waals surface area (Å²) in [6.45, 7) is 1.40. The van der Waals surface area contributed by atoms with E-state index in [1.807, 2.05) is 0 Å². The van der Waals surface area contributed by atoms with E-state index in [-0.39, 0.29) is 16.5 Å². The van der Waals surface area contributed by atoms with Gasteiger partial charge in [-0.15, -0.1) is 0 Å². The van der Waals surface area contributed by atoms with Gasteiger partial charge in [-0.3, -0.25) is 4.79 Å². The van der Waals surface area contributed by atoms with Gasteiger partial charge in [-0.25, -0.2) is 9.18 Å². The van der Waals surface area contributed by atoms with Crippen molar-refractivity contribution in [2.45, 2.75) is 13.0 Å². The van der Waals surface area contributed by atoms with E-state index in [1.165, 1.54) is 31.4 Å². The Balaban J connectivity index is 1.98. The van der Waals surface area contributed by atoms with Gasteiger partial charge in [0.1, 0.15) is 5.82 Å². The Bertz CT molecular complexity index is 657. The number of nitrogens with one attached hydrogen (secondary N) is 1. The van der Waals surface area contributed by atoms with E-state index in [2.05, 4.69) is 5.32 Å². The van der Waals surface area contributed by atoms with Crippen molar-refractivity contribution in [3.8, 4) is 0 Å². The Kier molecular flexibility index (Phi) is 4.59. The number of ether oxygens (including phenoxy) is 1. The number of rotatable bonds is 4. The summed E-state index contributed by atoms with van der Waals surface area (Å²) in [7, 11) is 0. The molecule has 110 valence electrons. The normalized spacial score (nSPS) is 11.8. The molecule has 0 aliphatic carbocycles. The predicted molar refractivity (Wildman–Crippen MR) is 73.6 cm³/mol. The standard InChI is InChI=1S/C14H11ClFNO4/c1-8(21-14(19)12-3-2-6-20-12)13(18)17-11-5-4-9(16)7-10(11)15/h2-8H,1H3,(H,17,18). The molecule has 1 N–H and O–H groups in total. The molecule has 0 bridgehead atoms. The van der Waals surface area contributed by atoms with E-state index >= 15 is 0 Å². The van der Waals surface area contributed by atoms with Crippen LogP contribution in [-0.2, 0) is 9.53 Å². The van der Waals surface area contributed by atoms with E-state index in [1.54, 1.807) is 0 Å². The lowest BCUT2D eigenvalue weighted by molar-refractivity contribution is -0.123. The van der Waals surface area contributed by atoms with Crippen LogP contribution in [0.3, 0.4) is 0 Å². The number of hydrogen-bond donors (Lipinski definition) is 1. The maximum Gasteiger partial charge on any atom is 0.374 e. The van der Waals surface area contributed by atoms with E-state index < -0.39 is 23.8 Å². The first-order valence-corrected chi connectivity index (χ1v) is 6.35. The minimum absolute atomic E-state index is 0.00513. The highest BCUT2D eigenvalue weighted by Gasteiger charge is 2.21. The summed E-state index contributed by atoms with van der Waals surface area (Å²) in [5, 5.41) is 2.49. The van der Waals surface area contributed by atoms with Crippen LogP contribution in [0.25, 0.3) is 0 Å². The fraction of sp³-hybridized carbons (Fsp3) is 0.143. The highest BCUT2D eigenvalue weighted by molar-refractivity contribution is 6.33. The van der Waals surface area contributed by atoms with E-state index in [4.69, 9.17) is 20.8 Å². The Morgan fingerprint density at radius 2 is 2.14 bits per heavy atom. The summed E-state index contributed by atoms with van der Waals surface area (Å²) in [6.07, 6.45) is 0.253. The van der Waals surface area contributed by atoms with Gasteiger partial charge in [0.15, 0.2) is 6.10 Å². The van der Waals surface area contributed by atoms with Crippen molar-refractivity contribution in [2.75, 3.05) is 5.32 Å². The number of furan rings is 1. The molecule has 0 spiro atoms. The largest absolute Gasteiger partial charge is 0.457 e. The van der Waals surface area contributed by atoms with Gasteiger partial charge >= 0.3 is 5.97 Å². The zero-order valence-corrected chi connectivity index (χ0v) is 11.7. The Morgan fingerprint density at radius 3 is 2.76 bits per heavy atom. The number of hydrogen-bond acceptors (Lipinski definition) is 4. The minimum Gasteiger partial charge on any atom is -0.457 e. The van der Waals surface area contributed by atoms with Gasteiger partial charge in [-0.2, -0.15) is 0 Å². The van der Waals surface area contributed by atoms with Crippen LogP contribution in [0.15, 0.2) is 41.0 Å². The number of carbonyl (C=O) groups excluding carboxylic acids is 2. The molecule has 0 aliphatic heterocycles. The second-order valence-electron chi connectivity index (χ2n) is 4.14. The average molecular weight is 312 g/mol. The summed E-state index contributed by atoms with van der Waals surface area (Å²) in [4.78, 5) is 23.5. The van der Waals surface area contributed by atoms with Gasteiger partial charge in [0.05, 0.1) is 17.0 Å². The van der Waals surface area contributed by atoms with Crippen LogP contribution in [0, 0.1) is 5.82 Å². The van der Waals surface area contributed by atoms with Crippen molar-refractivity contribution in [2.24, 2.45) is 0 Å². The third-order valence-electron chi connectivity index (χ3n) is 2.56. The monoisotopic (exact) mass is 311 g/mol. The lowest BCUT2D eigenvalue weighted by atomic mass is 10.3. The molecule has 1 atom stereocenters. The highest BCUT2D eigenvalue weighted by Crippen LogP contribution is 2.22. The first kappa shape index (κ1) is 15.1. The number of esters is 1. The number of anilines is 1. The molecule has 0 radical (unpaired) electrons. The molecule has 0 fully saturated rings. The molecule has 0 saturated heterocycles. The maximum atomic E-state index is 12.9. The van der Waals surface area contributed by atoms with Crippen LogP contribution >= 0.6 is 11.6 Å². The van der Waals surface area contributed by atoms with Crippen LogP contribution in [0.1, 0.15) is 17.5 Å². The molecule has 0 saturated carbocycles. The Hall–Kier alpha value is -2.34. The zero-order valence-electron chi connectivity index (χ0n) is 10.9. The fourth-order valence-corrected chi connectivity index (χ4v) is 1.71. The average Bonchev–Trinajstić information content (AvgIpc) is 2.95. The van der Waals surface area contributed by atoms with Gasteiger partial charge in [-0.1, -0.05) is 11.6 Å². The summed E-state index contributed by atoms with van der Waals surface area (Å²) < 4.78 is 22.7. The van der Waals surface area contributed by atoms with Crippen LogP contribution in [0.5, 0.6) is 0 Å². The van der Waals surface area contributed by atoms with Crippen molar-refractivity contribution < 1.29 is 23.1 Å². The summed E-state index contributed by atoms with van der Waals surface area (Å²) in [5.41, 5.74) is 0.226. The Morgan fingerprint density at radius 1 is 1.38 bits per heavy atom. The van der Waals surface area contributed by atoms with Crippen molar-refractivity contribution in [1.82, 2.24) is 0 Å².